The highest BCUT2D eigenvalue weighted by Crippen LogP contribution is 2.53. The van der Waals surface area contributed by atoms with E-state index >= 15 is 4.39 Å². The molecule has 4 rings (SSSR count). The molecule has 2 unspecified atom stereocenters. The highest BCUT2D eigenvalue weighted by Gasteiger charge is 2.61. The SMILES string of the molecule is C=C(C)COC(=O)N=C(N)c1ccc(NC2CC2(C(N)=NC(=Nc2ncccn2)OCOC(=O)OC(C)C)c2cc(OC)cc(OCCOC(C)=O)c2F)cc1. The Bertz CT molecular complexity index is 1980. The summed E-state index contributed by atoms with van der Waals surface area (Å²) in [6.07, 6.45) is 0.733. The average molecular weight is 779 g/mol. The summed E-state index contributed by atoms with van der Waals surface area (Å²) >= 11 is 0. The summed E-state index contributed by atoms with van der Waals surface area (Å²) < 4.78 is 53.1. The number of carbonyl (C=O) groups excluding carboxylic acids is 3. The largest absolute Gasteiger partial charge is 0.511 e. The average Bonchev–Trinajstić information content (AvgIpc) is 3.87. The molecule has 2 aromatic carbocycles. The Labute approximate surface area is 321 Å². The third-order valence-electron chi connectivity index (χ3n) is 7.63. The first-order valence-corrected chi connectivity index (χ1v) is 17.0. The normalized spacial score (nSPS) is 16.7. The van der Waals surface area contributed by atoms with E-state index in [1.807, 2.05) is 0 Å². The van der Waals surface area contributed by atoms with E-state index in [1.54, 1.807) is 51.1 Å². The molecular weight excluding hydrogens is 735 g/mol. The maximum Gasteiger partial charge on any atom is 0.511 e. The van der Waals surface area contributed by atoms with E-state index in [0.717, 1.165) is 0 Å². The number of halogens is 1. The Balaban J connectivity index is 1.72. The molecule has 56 heavy (non-hydrogen) atoms. The Hall–Kier alpha value is -6.79. The van der Waals surface area contributed by atoms with Gasteiger partial charge in [0, 0.05) is 48.2 Å². The van der Waals surface area contributed by atoms with Gasteiger partial charge in [-0.05, 0) is 69.2 Å². The van der Waals surface area contributed by atoms with Gasteiger partial charge in [-0.15, -0.1) is 0 Å². The molecule has 3 aromatic rings. The number of ether oxygens (including phenoxy) is 7. The topological polar surface area (TPSA) is 243 Å². The molecule has 1 aromatic heterocycles. The van der Waals surface area contributed by atoms with Crippen LogP contribution in [0.3, 0.4) is 0 Å². The second-order valence-electron chi connectivity index (χ2n) is 12.4. The molecule has 1 aliphatic carbocycles. The fraction of sp³-hybridized carbons (Fsp3) is 0.351. The molecule has 1 saturated carbocycles. The zero-order valence-corrected chi connectivity index (χ0v) is 31.4. The van der Waals surface area contributed by atoms with Crippen molar-refractivity contribution in [3.63, 3.8) is 0 Å². The summed E-state index contributed by atoms with van der Waals surface area (Å²) in [5, 5.41) is 3.33. The van der Waals surface area contributed by atoms with Gasteiger partial charge in [0.25, 0.3) is 5.95 Å². The smallest absolute Gasteiger partial charge is 0.497 e. The predicted octanol–water partition coefficient (Wildman–Crippen LogP) is 4.69. The zero-order chi connectivity index (χ0) is 40.8. The number of hydrogen-bond acceptors (Lipinski definition) is 14. The lowest BCUT2D eigenvalue weighted by atomic mass is 9.92. The van der Waals surface area contributed by atoms with Crippen LogP contribution in [0.15, 0.2) is 82.0 Å². The number of nitrogens with one attached hydrogen (secondary N) is 1. The maximum atomic E-state index is 16.6. The van der Waals surface area contributed by atoms with Crippen molar-refractivity contribution >= 4 is 47.5 Å². The molecule has 0 spiro atoms. The molecule has 18 nitrogen and oxygen atoms in total. The zero-order valence-electron chi connectivity index (χ0n) is 31.4. The van der Waals surface area contributed by atoms with Gasteiger partial charge >= 0.3 is 24.2 Å². The monoisotopic (exact) mass is 778 g/mol. The molecule has 298 valence electrons. The van der Waals surface area contributed by atoms with E-state index in [4.69, 9.17) is 44.6 Å². The quantitative estimate of drug-likeness (QED) is 0.0340. The van der Waals surface area contributed by atoms with Crippen molar-refractivity contribution in [1.82, 2.24) is 9.97 Å². The number of nitrogens with two attached hydrogens (primary N) is 2. The van der Waals surface area contributed by atoms with Crippen molar-refractivity contribution in [1.29, 1.82) is 0 Å². The standard InChI is InChI=1S/C37H43FN8O10/c1-21(2)19-53-35(48)44-31(39)24-8-10-25(11-9-24)43-29-18-37(29,27-16-26(50-6)17-28(30(27)38)52-15-14-51-23(5)47)32(40)45-34(46-33-41-12-7-13-42-33)54-20-55-36(49)56-22(3)4/h7-13,16-17,22,29,43H,1,14-15,18-20H2,2-6H3,(H2,39,44,48)(H2,40,41,42,45,46). The Kier molecular flexibility index (Phi) is 14.6. The van der Waals surface area contributed by atoms with Gasteiger partial charge in [-0.25, -0.2) is 23.9 Å². The van der Waals surface area contributed by atoms with Crippen LogP contribution in [0.1, 0.15) is 45.2 Å². The van der Waals surface area contributed by atoms with Crippen LogP contribution in [0.5, 0.6) is 11.5 Å². The van der Waals surface area contributed by atoms with Crippen LogP contribution in [0, 0.1) is 5.82 Å². The van der Waals surface area contributed by atoms with E-state index in [0.29, 0.717) is 16.8 Å². The number of hydrogen-bond donors (Lipinski definition) is 3. The molecule has 1 fully saturated rings. The second-order valence-corrected chi connectivity index (χ2v) is 12.4. The van der Waals surface area contributed by atoms with E-state index in [2.05, 4.69) is 36.8 Å². The summed E-state index contributed by atoms with van der Waals surface area (Å²) in [6, 6.07) is 9.94. The van der Waals surface area contributed by atoms with Gasteiger partial charge in [-0.2, -0.15) is 15.0 Å². The summed E-state index contributed by atoms with van der Waals surface area (Å²) in [5.74, 6) is -1.61. The van der Waals surface area contributed by atoms with Crippen molar-refractivity contribution in [2.45, 2.75) is 51.7 Å². The number of amidine groups is 3. The molecule has 0 radical (unpaired) electrons. The predicted molar refractivity (Wildman–Crippen MR) is 202 cm³/mol. The lowest BCUT2D eigenvalue weighted by molar-refractivity contribution is -0.141. The summed E-state index contributed by atoms with van der Waals surface area (Å²) in [4.78, 5) is 55.8. The van der Waals surface area contributed by atoms with Gasteiger partial charge in [-0.3, -0.25) is 4.79 Å². The van der Waals surface area contributed by atoms with Gasteiger partial charge in [0.05, 0.1) is 18.6 Å². The van der Waals surface area contributed by atoms with Crippen molar-refractivity contribution in [3.8, 4) is 11.5 Å². The number of aliphatic imine (C=N–C) groups is 3. The number of carbonyl (C=O) groups is 3. The van der Waals surface area contributed by atoms with Crippen LogP contribution in [-0.4, -0.2) is 91.7 Å². The number of methoxy groups -OCH3 is 1. The molecule has 5 N–H and O–H groups in total. The van der Waals surface area contributed by atoms with E-state index in [1.165, 1.54) is 38.6 Å². The number of benzene rings is 2. The molecule has 0 bridgehead atoms. The first-order chi connectivity index (χ1) is 26.7. The van der Waals surface area contributed by atoms with E-state index in [-0.39, 0.29) is 60.9 Å². The first kappa shape index (κ1) is 42.0. The van der Waals surface area contributed by atoms with Gasteiger partial charge in [0.2, 0.25) is 6.79 Å². The number of aromatic nitrogens is 2. The second kappa shape index (κ2) is 19.5. The van der Waals surface area contributed by atoms with E-state index in [9.17, 15) is 14.4 Å². The third-order valence-corrected chi connectivity index (χ3v) is 7.63. The van der Waals surface area contributed by atoms with Crippen molar-refractivity contribution in [2.75, 3.05) is 39.0 Å². The van der Waals surface area contributed by atoms with Gasteiger partial charge in [-0.1, -0.05) is 6.58 Å². The highest BCUT2D eigenvalue weighted by atomic mass is 19.1. The molecule has 0 saturated heterocycles. The molecule has 1 aliphatic rings. The minimum atomic E-state index is -1.39. The summed E-state index contributed by atoms with van der Waals surface area (Å²) in [5.41, 5.74) is 13.1. The summed E-state index contributed by atoms with van der Waals surface area (Å²) in [6.45, 7) is 8.93. The number of anilines is 1. The molecule has 0 aliphatic heterocycles. The minimum Gasteiger partial charge on any atom is -0.497 e. The van der Waals surface area contributed by atoms with Gasteiger partial charge in [0.15, 0.2) is 11.6 Å². The Morgan fingerprint density at radius 2 is 1.73 bits per heavy atom. The fourth-order valence-electron chi connectivity index (χ4n) is 5.02. The molecule has 1 amide bonds. The van der Waals surface area contributed by atoms with Gasteiger partial charge in [0.1, 0.15) is 37.2 Å². The molecule has 1 heterocycles. The number of esters is 1. The Morgan fingerprint density at radius 1 is 1.02 bits per heavy atom. The molecule has 2 atom stereocenters. The number of nitrogens with zero attached hydrogens (tertiary/aromatic N) is 5. The van der Waals surface area contributed by atoms with Crippen molar-refractivity contribution < 1.29 is 51.9 Å². The molecule has 19 heteroatoms. The van der Waals surface area contributed by atoms with E-state index < -0.39 is 54.4 Å². The van der Waals surface area contributed by atoms with Crippen molar-refractivity contribution in [2.24, 2.45) is 26.4 Å². The number of rotatable bonds is 16. The summed E-state index contributed by atoms with van der Waals surface area (Å²) in [7, 11) is 1.39. The fourth-order valence-corrected chi connectivity index (χ4v) is 5.02. The van der Waals surface area contributed by atoms with Crippen LogP contribution in [0.25, 0.3) is 0 Å². The van der Waals surface area contributed by atoms with Crippen LogP contribution < -0.4 is 26.3 Å². The van der Waals surface area contributed by atoms with Crippen LogP contribution in [0.2, 0.25) is 0 Å². The number of amides is 1. The third kappa shape index (κ3) is 11.9. The van der Waals surface area contributed by atoms with Crippen LogP contribution in [-0.2, 0) is 33.9 Å². The lowest BCUT2D eigenvalue weighted by Crippen LogP contribution is -2.36. The van der Waals surface area contributed by atoms with Crippen LogP contribution in [0.4, 0.5) is 25.6 Å². The molecular formula is C37H43FN8O10. The Morgan fingerprint density at radius 3 is 2.38 bits per heavy atom. The lowest BCUT2D eigenvalue weighted by Gasteiger charge is -2.22. The van der Waals surface area contributed by atoms with Gasteiger partial charge < -0.3 is 49.9 Å². The highest BCUT2D eigenvalue weighted by molar-refractivity contribution is 6.04. The first-order valence-electron chi connectivity index (χ1n) is 17.0. The maximum absolute atomic E-state index is 16.6. The van der Waals surface area contributed by atoms with Crippen molar-refractivity contribution in [3.05, 3.63) is 84.0 Å². The minimum absolute atomic E-state index is 0.00401. The van der Waals surface area contributed by atoms with Crippen LogP contribution >= 0.6 is 0 Å².